The third-order valence-electron chi connectivity index (χ3n) is 5.04. The van der Waals surface area contributed by atoms with Gasteiger partial charge in [-0.3, -0.25) is 4.90 Å². The van der Waals surface area contributed by atoms with E-state index in [1.165, 1.54) is 25.9 Å². The zero-order valence-corrected chi connectivity index (χ0v) is 18.0. The molecule has 1 aromatic heterocycles. The highest BCUT2D eigenvalue weighted by molar-refractivity contribution is 7.16. The van der Waals surface area contributed by atoms with Crippen LogP contribution in [0.25, 0.3) is 12.2 Å². The molecule has 1 N–H and O–H groups in total. The van der Waals surface area contributed by atoms with Gasteiger partial charge in [0.15, 0.2) is 5.13 Å². The lowest BCUT2D eigenvalue weighted by molar-refractivity contribution is 0.238. The van der Waals surface area contributed by atoms with Crippen LogP contribution in [0, 0.1) is 0 Å². The Balaban J connectivity index is 1.31. The average molecular weight is 422 g/mol. The summed E-state index contributed by atoms with van der Waals surface area (Å²) < 4.78 is 11.1. The van der Waals surface area contributed by atoms with Crippen LogP contribution in [0.15, 0.2) is 54.7 Å². The van der Waals surface area contributed by atoms with Crippen LogP contribution in [-0.2, 0) is 0 Å². The molecule has 0 unspecified atom stereocenters. The van der Waals surface area contributed by atoms with Crippen LogP contribution in [0.3, 0.4) is 0 Å². The number of hydrogen-bond donors (Lipinski definition) is 1. The first-order valence-corrected chi connectivity index (χ1v) is 11.1. The Morgan fingerprint density at radius 2 is 1.90 bits per heavy atom. The quantitative estimate of drug-likeness (QED) is 0.491. The van der Waals surface area contributed by atoms with Crippen LogP contribution in [0.5, 0.6) is 11.5 Å². The van der Waals surface area contributed by atoms with Gasteiger partial charge in [-0.1, -0.05) is 35.6 Å². The fraction of sp³-hybridized carbons (Fsp3) is 0.292. The molecule has 30 heavy (non-hydrogen) atoms. The maximum atomic E-state index is 5.94. The molecular formula is C24H27N3O2S. The van der Waals surface area contributed by atoms with Crippen LogP contribution in [0.4, 0.5) is 10.8 Å². The summed E-state index contributed by atoms with van der Waals surface area (Å²) in [5, 5.41) is 4.24. The molecule has 4 rings (SSSR count). The van der Waals surface area contributed by atoms with Crippen LogP contribution < -0.4 is 14.8 Å². The van der Waals surface area contributed by atoms with Gasteiger partial charge in [0.25, 0.3) is 0 Å². The van der Waals surface area contributed by atoms with Gasteiger partial charge >= 0.3 is 0 Å². The van der Waals surface area contributed by atoms with Gasteiger partial charge in [0, 0.05) is 29.4 Å². The Labute approximate surface area is 182 Å². The molecule has 1 aliphatic rings. The second kappa shape index (κ2) is 10.3. The minimum absolute atomic E-state index is 0.723. The molecular weight excluding hydrogens is 394 g/mol. The number of rotatable bonds is 9. The number of anilines is 2. The smallest absolute Gasteiger partial charge is 0.187 e. The van der Waals surface area contributed by atoms with Crippen molar-refractivity contribution in [3.8, 4) is 11.5 Å². The lowest BCUT2D eigenvalue weighted by atomic mass is 10.2. The van der Waals surface area contributed by atoms with E-state index in [1.807, 2.05) is 54.7 Å². The van der Waals surface area contributed by atoms with Gasteiger partial charge in [-0.2, -0.15) is 0 Å². The Hall–Kier alpha value is -2.83. The molecule has 1 saturated heterocycles. The molecule has 0 aliphatic carbocycles. The molecule has 5 nitrogen and oxygen atoms in total. The van der Waals surface area contributed by atoms with Gasteiger partial charge < -0.3 is 14.8 Å². The third kappa shape index (κ3) is 5.84. The molecule has 0 bridgehead atoms. The van der Waals surface area contributed by atoms with Crippen molar-refractivity contribution in [1.29, 1.82) is 0 Å². The SMILES string of the molecule is COc1ccc(/C=C/c2cnc(Nc3cccc(OCCN4CCCC4)c3)s2)cc1. The summed E-state index contributed by atoms with van der Waals surface area (Å²) in [5.74, 6) is 1.74. The summed E-state index contributed by atoms with van der Waals surface area (Å²) >= 11 is 1.61. The Kier molecular flexibility index (Phi) is 7.00. The maximum Gasteiger partial charge on any atom is 0.187 e. The van der Waals surface area contributed by atoms with Crippen molar-refractivity contribution < 1.29 is 9.47 Å². The number of nitrogens with one attached hydrogen (secondary N) is 1. The molecule has 0 saturated carbocycles. The van der Waals surface area contributed by atoms with E-state index in [1.54, 1.807) is 18.4 Å². The highest BCUT2D eigenvalue weighted by Gasteiger charge is 2.10. The minimum Gasteiger partial charge on any atom is -0.497 e. The first kappa shape index (κ1) is 20.4. The first-order chi connectivity index (χ1) is 14.8. The number of methoxy groups -OCH3 is 1. The zero-order valence-electron chi connectivity index (χ0n) is 17.2. The monoisotopic (exact) mass is 421 g/mol. The molecule has 3 aromatic rings. The van der Waals surface area contributed by atoms with Crippen LogP contribution in [-0.4, -0.2) is 43.2 Å². The van der Waals surface area contributed by atoms with E-state index >= 15 is 0 Å². The number of likely N-dealkylation sites (tertiary alicyclic amines) is 1. The van der Waals surface area contributed by atoms with E-state index in [9.17, 15) is 0 Å². The summed E-state index contributed by atoms with van der Waals surface area (Å²) in [6, 6.07) is 16.0. The topological polar surface area (TPSA) is 46.6 Å². The highest BCUT2D eigenvalue weighted by Crippen LogP contribution is 2.26. The van der Waals surface area contributed by atoms with Crippen molar-refractivity contribution in [2.24, 2.45) is 0 Å². The molecule has 6 heteroatoms. The summed E-state index contributed by atoms with van der Waals surface area (Å²) in [7, 11) is 1.67. The molecule has 2 heterocycles. The Bertz CT molecular complexity index is 963. The number of aromatic nitrogens is 1. The predicted molar refractivity (Wildman–Crippen MR) is 125 cm³/mol. The summed E-state index contributed by atoms with van der Waals surface area (Å²) in [6.45, 7) is 4.11. The van der Waals surface area contributed by atoms with E-state index in [0.29, 0.717) is 0 Å². The first-order valence-electron chi connectivity index (χ1n) is 10.3. The summed E-state index contributed by atoms with van der Waals surface area (Å²) in [6.07, 6.45) is 8.65. The molecule has 0 radical (unpaired) electrons. The fourth-order valence-electron chi connectivity index (χ4n) is 3.40. The number of hydrogen-bond acceptors (Lipinski definition) is 6. The van der Waals surface area contributed by atoms with Crippen LogP contribution in [0.1, 0.15) is 23.3 Å². The van der Waals surface area contributed by atoms with Crippen molar-refractivity contribution >= 4 is 34.3 Å². The Morgan fingerprint density at radius 3 is 2.70 bits per heavy atom. The van der Waals surface area contributed by atoms with Crippen LogP contribution in [0.2, 0.25) is 0 Å². The van der Waals surface area contributed by atoms with Gasteiger partial charge in [0.05, 0.1) is 7.11 Å². The second-order valence-electron chi connectivity index (χ2n) is 7.22. The van der Waals surface area contributed by atoms with Gasteiger partial charge in [0.1, 0.15) is 18.1 Å². The van der Waals surface area contributed by atoms with E-state index in [4.69, 9.17) is 9.47 Å². The lowest BCUT2D eigenvalue weighted by Gasteiger charge is -2.15. The largest absolute Gasteiger partial charge is 0.497 e. The van der Waals surface area contributed by atoms with Crippen molar-refractivity contribution in [2.75, 3.05) is 38.7 Å². The molecule has 156 valence electrons. The van der Waals surface area contributed by atoms with Gasteiger partial charge in [-0.15, -0.1) is 0 Å². The van der Waals surface area contributed by atoms with Crippen molar-refractivity contribution in [2.45, 2.75) is 12.8 Å². The predicted octanol–water partition coefficient (Wildman–Crippen LogP) is 5.54. The normalized spacial score (nSPS) is 14.3. The fourth-order valence-corrected chi connectivity index (χ4v) is 4.14. The third-order valence-corrected chi connectivity index (χ3v) is 5.92. The van der Waals surface area contributed by atoms with E-state index in [0.717, 1.165) is 45.9 Å². The molecule has 1 aliphatic heterocycles. The Morgan fingerprint density at radius 1 is 1.07 bits per heavy atom. The van der Waals surface area contributed by atoms with Gasteiger partial charge in [-0.05, 0) is 61.8 Å². The molecule has 1 fully saturated rings. The number of nitrogens with zero attached hydrogens (tertiary/aromatic N) is 2. The average Bonchev–Trinajstić information content (AvgIpc) is 3.45. The lowest BCUT2D eigenvalue weighted by Crippen LogP contribution is -2.25. The van der Waals surface area contributed by atoms with Gasteiger partial charge in [0.2, 0.25) is 0 Å². The second-order valence-corrected chi connectivity index (χ2v) is 8.29. The molecule has 0 amide bonds. The van der Waals surface area contributed by atoms with Crippen molar-refractivity contribution in [3.05, 3.63) is 65.2 Å². The molecule has 0 spiro atoms. The maximum absolute atomic E-state index is 5.94. The number of benzene rings is 2. The minimum atomic E-state index is 0.723. The highest BCUT2D eigenvalue weighted by atomic mass is 32.1. The van der Waals surface area contributed by atoms with Crippen LogP contribution >= 0.6 is 11.3 Å². The van der Waals surface area contributed by atoms with Crippen molar-refractivity contribution in [3.63, 3.8) is 0 Å². The molecule has 0 atom stereocenters. The van der Waals surface area contributed by atoms with Crippen molar-refractivity contribution in [1.82, 2.24) is 9.88 Å². The summed E-state index contributed by atoms with van der Waals surface area (Å²) in [4.78, 5) is 8.03. The molecule has 2 aromatic carbocycles. The standard InChI is InChI=1S/C24H27N3O2S/c1-28-21-10-7-19(8-11-21)9-12-23-18-25-24(30-23)26-20-5-4-6-22(17-20)29-16-15-27-13-2-3-14-27/h4-12,17-18H,2-3,13-16H2,1H3,(H,25,26)/b12-9+. The number of ether oxygens (including phenoxy) is 2. The van der Waals surface area contributed by atoms with E-state index in [2.05, 4.69) is 27.4 Å². The van der Waals surface area contributed by atoms with E-state index in [-0.39, 0.29) is 0 Å². The zero-order chi connectivity index (χ0) is 20.6. The summed E-state index contributed by atoms with van der Waals surface area (Å²) in [5.41, 5.74) is 2.10. The number of thiazole rings is 1. The van der Waals surface area contributed by atoms with E-state index < -0.39 is 0 Å². The van der Waals surface area contributed by atoms with Gasteiger partial charge in [-0.25, -0.2) is 4.98 Å².